The molecule has 74 valence electrons. The lowest BCUT2D eigenvalue weighted by Gasteiger charge is -2.07. The van der Waals surface area contributed by atoms with Crippen LogP contribution >= 0.6 is 0 Å². The van der Waals surface area contributed by atoms with Crippen LogP contribution in [0.1, 0.15) is 5.56 Å². The summed E-state index contributed by atoms with van der Waals surface area (Å²) < 4.78 is 39.0. The quantitative estimate of drug-likeness (QED) is 0.639. The fraction of sp³-hybridized carbons (Fsp3) is 0.222. The fourth-order valence-corrected chi connectivity index (χ4v) is 1.41. The van der Waals surface area contributed by atoms with E-state index < -0.39 is 11.7 Å². The minimum Gasteiger partial charge on any atom is -0.336 e. The molecule has 0 aliphatic carbocycles. The van der Waals surface area contributed by atoms with Crippen molar-refractivity contribution >= 4 is 11.0 Å². The maximum absolute atomic E-state index is 12.5. The summed E-state index contributed by atoms with van der Waals surface area (Å²) in [5, 5.41) is 0.141. The molecule has 0 saturated carbocycles. The standard InChI is InChI=1S/C9H7F3N2/c1-14-5-3-6-7(9(10,11)12)2-4-13-8(6)14/h2-5H,1H3. The van der Waals surface area contributed by atoms with Gasteiger partial charge in [-0.2, -0.15) is 13.2 Å². The van der Waals surface area contributed by atoms with Crippen LogP contribution in [0.15, 0.2) is 24.5 Å². The van der Waals surface area contributed by atoms with E-state index in [-0.39, 0.29) is 5.39 Å². The first-order valence-electron chi connectivity index (χ1n) is 3.97. The van der Waals surface area contributed by atoms with Crippen molar-refractivity contribution in [3.63, 3.8) is 0 Å². The van der Waals surface area contributed by atoms with Crippen LogP contribution in [-0.4, -0.2) is 9.55 Å². The molecule has 0 aromatic carbocycles. The van der Waals surface area contributed by atoms with E-state index >= 15 is 0 Å². The van der Waals surface area contributed by atoms with E-state index in [1.165, 1.54) is 12.3 Å². The molecule has 0 spiro atoms. The molecular weight excluding hydrogens is 193 g/mol. The second kappa shape index (κ2) is 2.73. The maximum atomic E-state index is 12.5. The number of hydrogen-bond donors (Lipinski definition) is 0. The predicted molar refractivity (Wildman–Crippen MR) is 45.7 cm³/mol. The van der Waals surface area contributed by atoms with Crippen molar-refractivity contribution in [2.45, 2.75) is 6.18 Å². The minimum absolute atomic E-state index is 0.141. The van der Waals surface area contributed by atoms with Crippen molar-refractivity contribution in [1.82, 2.24) is 9.55 Å². The van der Waals surface area contributed by atoms with Crippen molar-refractivity contribution in [3.05, 3.63) is 30.1 Å². The Hall–Kier alpha value is -1.52. The second-order valence-electron chi connectivity index (χ2n) is 3.02. The highest BCUT2D eigenvalue weighted by molar-refractivity contribution is 5.80. The van der Waals surface area contributed by atoms with Crippen molar-refractivity contribution in [2.24, 2.45) is 7.05 Å². The summed E-state index contributed by atoms with van der Waals surface area (Å²) in [4.78, 5) is 3.88. The molecule has 2 nitrogen and oxygen atoms in total. The van der Waals surface area contributed by atoms with Crippen molar-refractivity contribution < 1.29 is 13.2 Å². The van der Waals surface area contributed by atoms with Gasteiger partial charge in [0.05, 0.1) is 5.56 Å². The van der Waals surface area contributed by atoms with Gasteiger partial charge in [0, 0.05) is 24.8 Å². The van der Waals surface area contributed by atoms with Gasteiger partial charge in [-0.3, -0.25) is 0 Å². The number of fused-ring (bicyclic) bond motifs is 1. The summed E-state index contributed by atoms with van der Waals surface area (Å²) in [7, 11) is 1.66. The Morgan fingerprint density at radius 3 is 2.64 bits per heavy atom. The first-order chi connectivity index (χ1) is 6.50. The Labute approximate surface area is 78.0 Å². The number of rotatable bonds is 0. The Morgan fingerprint density at radius 1 is 1.29 bits per heavy atom. The predicted octanol–water partition coefficient (Wildman–Crippen LogP) is 2.59. The van der Waals surface area contributed by atoms with Gasteiger partial charge in [-0.15, -0.1) is 0 Å². The van der Waals surface area contributed by atoms with Crippen molar-refractivity contribution in [2.75, 3.05) is 0 Å². The van der Waals surface area contributed by atoms with Gasteiger partial charge in [-0.05, 0) is 12.1 Å². The van der Waals surface area contributed by atoms with Gasteiger partial charge < -0.3 is 4.57 Å². The van der Waals surface area contributed by atoms with Gasteiger partial charge in [0.25, 0.3) is 0 Å². The average Bonchev–Trinajstić information content (AvgIpc) is 2.46. The second-order valence-corrected chi connectivity index (χ2v) is 3.02. The third-order valence-electron chi connectivity index (χ3n) is 2.07. The van der Waals surface area contributed by atoms with Gasteiger partial charge in [-0.25, -0.2) is 4.98 Å². The molecule has 0 fully saturated rings. The molecule has 0 atom stereocenters. The molecule has 2 aromatic rings. The van der Waals surface area contributed by atoms with E-state index in [1.807, 2.05) is 0 Å². The molecule has 5 heteroatoms. The fourth-order valence-electron chi connectivity index (χ4n) is 1.41. The topological polar surface area (TPSA) is 17.8 Å². The van der Waals surface area contributed by atoms with Crippen LogP contribution in [0.3, 0.4) is 0 Å². The maximum Gasteiger partial charge on any atom is 0.417 e. The van der Waals surface area contributed by atoms with Gasteiger partial charge in [-0.1, -0.05) is 0 Å². The normalized spacial score (nSPS) is 12.3. The molecule has 0 aliphatic heterocycles. The van der Waals surface area contributed by atoms with Gasteiger partial charge in [0.1, 0.15) is 5.65 Å². The molecule has 0 unspecified atom stereocenters. The number of alkyl halides is 3. The van der Waals surface area contributed by atoms with Crippen LogP contribution in [0, 0.1) is 0 Å². The summed E-state index contributed by atoms with van der Waals surface area (Å²) in [5.41, 5.74) is -0.289. The molecule has 2 heterocycles. The summed E-state index contributed by atoms with van der Waals surface area (Å²) in [5.74, 6) is 0. The molecule has 0 saturated heterocycles. The van der Waals surface area contributed by atoms with E-state index in [0.29, 0.717) is 5.65 Å². The molecule has 14 heavy (non-hydrogen) atoms. The molecule has 0 aliphatic rings. The van der Waals surface area contributed by atoms with E-state index in [2.05, 4.69) is 4.98 Å². The van der Waals surface area contributed by atoms with Crippen LogP contribution in [0.5, 0.6) is 0 Å². The molecular formula is C9H7F3N2. The van der Waals surface area contributed by atoms with Crippen molar-refractivity contribution in [3.8, 4) is 0 Å². The summed E-state index contributed by atoms with van der Waals surface area (Å²) >= 11 is 0. The largest absolute Gasteiger partial charge is 0.417 e. The minimum atomic E-state index is -4.32. The SMILES string of the molecule is Cn1ccc2c(C(F)(F)F)ccnc21. The van der Waals surface area contributed by atoms with E-state index in [9.17, 15) is 13.2 Å². The third-order valence-corrected chi connectivity index (χ3v) is 2.07. The Kier molecular flexibility index (Phi) is 1.77. The number of pyridine rings is 1. The van der Waals surface area contributed by atoms with Crippen LogP contribution in [-0.2, 0) is 13.2 Å². The highest BCUT2D eigenvalue weighted by Crippen LogP contribution is 2.33. The number of aryl methyl sites for hydroxylation is 1. The molecule has 2 aromatic heterocycles. The molecule has 0 radical (unpaired) electrons. The summed E-state index contributed by atoms with van der Waals surface area (Å²) in [6.07, 6.45) is -1.58. The monoisotopic (exact) mass is 200 g/mol. The van der Waals surface area contributed by atoms with Crippen LogP contribution in [0.2, 0.25) is 0 Å². The lowest BCUT2D eigenvalue weighted by molar-refractivity contribution is -0.136. The Bertz CT molecular complexity index is 470. The van der Waals surface area contributed by atoms with Crippen LogP contribution < -0.4 is 0 Å². The van der Waals surface area contributed by atoms with Gasteiger partial charge in [0.15, 0.2) is 0 Å². The molecule has 0 N–H and O–H groups in total. The zero-order valence-electron chi connectivity index (χ0n) is 7.34. The van der Waals surface area contributed by atoms with E-state index in [1.54, 1.807) is 17.8 Å². The first kappa shape index (κ1) is 9.05. The lowest BCUT2D eigenvalue weighted by atomic mass is 10.2. The number of aromatic nitrogens is 2. The van der Waals surface area contributed by atoms with E-state index in [0.717, 1.165) is 6.07 Å². The number of halogens is 3. The highest BCUT2D eigenvalue weighted by atomic mass is 19.4. The Morgan fingerprint density at radius 2 is 2.00 bits per heavy atom. The van der Waals surface area contributed by atoms with E-state index in [4.69, 9.17) is 0 Å². The molecule has 2 rings (SSSR count). The smallest absolute Gasteiger partial charge is 0.336 e. The molecule has 0 amide bonds. The molecule has 0 bridgehead atoms. The average molecular weight is 200 g/mol. The summed E-state index contributed by atoms with van der Waals surface area (Å²) in [6.45, 7) is 0. The van der Waals surface area contributed by atoms with Crippen molar-refractivity contribution in [1.29, 1.82) is 0 Å². The first-order valence-corrected chi connectivity index (χ1v) is 3.97. The summed E-state index contributed by atoms with van der Waals surface area (Å²) in [6, 6.07) is 2.41. The van der Waals surface area contributed by atoms with Crippen LogP contribution in [0.4, 0.5) is 13.2 Å². The van der Waals surface area contributed by atoms with Gasteiger partial charge >= 0.3 is 6.18 Å². The number of nitrogens with zero attached hydrogens (tertiary/aromatic N) is 2. The Balaban J connectivity index is 2.79. The highest BCUT2D eigenvalue weighted by Gasteiger charge is 2.32. The van der Waals surface area contributed by atoms with Crippen LogP contribution in [0.25, 0.3) is 11.0 Å². The van der Waals surface area contributed by atoms with Gasteiger partial charge in [0.2, 0.25) is 0 Å². The third kappa shape index (κ3) is 1.25. The zero-order chi connectivity index (χ0) is 10.3. The zero-order valence-corrected chi connectivity index (χ0v) is 7.34. The lowest BCUT2D eigenvalue weighted by Crippen LogP contribution is -2.05. The number of hydrogen-bond acceptors (Lipinski definition) is 1.